The zero-order valence-electron chi connectivity index (χ0n) is 17.5. The highest BCUT2D eigenvalue weighted by atomic mass is 16.5. The molecule has 2 amide bonds. The summed E-state index contributed by atoms with van der Waals surface area (Å²) in [6, 6.07) is 5.55. The van der Waals surface area contributed by atoms with E-state index >= 15 is 0 Å². The molecule has 1 aliphatic heterocycles. The Kier molecular flexibility index (Phi) is 6.03. The number of urea groups is 1. The normalized spacial score (nSPS) is 17.7. The van der Waals surface area contributed by atoms with Crippen LogP contribution in [-0.2, 0) is 6.42 Å². The summed E-state index contributed by atoms with van der Waals surface area (Å²) in [7, 11) is 0. The highest BCUT2D eigenvalue weighted by Gasteiger charge is 2.30. The zero-order chi connectivity index (χ0) is 20.3. The Morgan fingerprint density at radius 3 is 2.79 bits per heavy atom. The minimum Gasteiger partial charge on any atom is -0.338 e. The molecule has 2 N–H and O–H groups in total. The van der Waals surface area contributed by atoms with Crippen molar-refractivity contribution in [2.45, 2.75) is 53.0 Å². The molecular formula is C21H31N5O2. The summed E-state index contributed by atoms with van der Waals surface area (Å²) < 4.78 is 5.30. The van der Waals surface area contributed by atoms with Crippen LogP contribution in [0.25, 0.3) is 11.5 Å². The van der Waals surface area contributed by atoms with Crippen LogP contribution in [0.1, 0.15) is 45.5 Å². The summed E-state index contributed by atoms with van der Waals surface area (Å²) in [5.41, 5.74) is 2.70. The number of hydrogen-bond acceptors (Lipinski definition) is 5. The summed E-state index contributed by atoms with van der Waals surface area (Å²) in [5.74, 6) is 1.63. The molecule has 0 spiro atoms. The van der Waals surface area contributed by atoms with Gasteiger partial charge < -0.3 is 15.2 Å². The van der Waals surface area contributed by atoms with Crippen molar-refractivity contribution in [2.75, 3.05) is 25.0 Å². The average Bonchev–Trinajstić information content (AvgIpc) is 3.31. The molecule has 1 fully saturated rings. The van der Waals surface area contributed by atoms with Gasteiger partial charge in [-0.25, -0.2) is 4.79 Å². The molecule has 2 aromatic rings. The SMILES string of the molecule is CCc1noc(-c2ccc(C)c(NC(=O)NCC3CCN(C(C)(C)C)C3)c2)n1. The van der Waals surface area contributed by atoms with Crippen molar-refractivity contribution in [2.24, 2.45) is 5.92 Å². The van der Waals surface area contributed by atoms with Crippen LogP contribution >= 0.6 is 0 Å². The van der Waals surface area contributed by atoms with Gasteiger partial charge in [0.25, 0.3) is 5.89 Å². The Morgan fingerprint density at radius 2 is 2.14 bits per heavy atom. The van der Waals surface area contributed by atoms with Gasteiger partial charge in [-0.2, -0.15) is 4.98 Å². The van der Waals surface area contributed by atoms with E-state index in [0.29, 0.717) is 24.2 Å². The Labute approximate surface area is 166 Å². The van der Waals surface area contributed by atoms with E-state index in [1.165, 1.54) is 0 Å². The zero-order valence-corrected chi connectivity index (χ0v) is 17.5. The number of aromatic nitrogens is 2. The molecule has 7 heteroatoms. The van der Waals surface area contributed by atoms with Crippen LogP contribution in [0.15, 0.2) is 22.7 Å². The lowest BCUT2D eigenvalue weighted by Gasteiger charge is -2.31. The van der Waals surface area contributed by atoms with Crippen molar-refractivity contribution in [1.82, 2.24) is 20.4 Å². The van der Waals surface area contributed by atoms with Crippen molar-refractivity contribution in [3.63, 3.8) is 0 Å². The molecular weight excluding hydrogens is 354 g/mol. The number of anilines is 1. The van der Waals surface area contributed by atoms with Gasteiger partial charge in [0.15, 0.2) is 5.82 Å². The number of hydrogen-bond donors (Lipinski definition) is 2. The van der Waals surface area contributed by atoms with E-state index in [2.05, 4.69) is 46.4 Å². The maximum Gasteiger partial charge on any atom is 0.319 e. The van der Waals surface area contributed by atoms with Crippen molar-refractivity contribution in [1.29, 1.82) is 0 Å². The first-order valence-electron chi connectivity index (χ1n) is 9.99. The number of amides is 2. The fourth-order valence-corrected chi connectivity index (χ4v) is 3.42. The van der Waals surface area contributed by atoms with Crippen LogP contribution in [0.2, 0.25) is 0 Å². The fraction of sp³-hybridized carbons (Fsp3) is 0.571. The van der Waals surface area contributed by atoms with Gasteiger partial charge in [-0.05, 0) is 64.3 Å². The molecule has 0 radical (unpaired) electrons. The highest BCUT2D eigenvalue weighted by Crippen LogP contribution is 2.25. The second kappa shape index (κ2) is 8.31. The standard InChI is InChI=1S/C21H31N5O2/c1-6-18-24-19(28-25-18)16-8-7-14(2)17(11-16)23-20(27)22-12-15-9-10-26(13-15)21(3,4)5/h7-8,11,15H,6,9-10,12-13H2,1-5H3,(H2,22,23,27). The molecule has 1 aromatic carbocycles. The fourth-order valence-electron chi connectivity index (χ4n) is 3.42. The molecule has 1 aromatic heterocycles. The minimum atomic E-state index is -0.186. The molecule has 7 nitrogen and oxygen atoms in total. The van der Waals surface area contributed by atoms with Gasteiger partial charge in [0.05, 0.1) is 0 Å². The molecule has 1 atom stereocenters. The van der Waals surface area contributed by atoms with Crippen molar-refractivity contribution < 1.29 is 9.32 Å². The van der Waals surface area contributed by atoms with Crippen molar-refractivity contribution in [3.05, 3.63) is 29.6 Å². The number of nitrogens with one attached hydrogen (secondary N) is 2. The van der Waals surface area contributed by atoms with Gasteiger partial charge in [0.2, 0.25) is 0 Å². The first-order valence-corrected chi connectivity index (χ1v) is 9.99. The summed E-state index contributed by atoms with van der Waals surface area (Å²) >= 11 is 0. The van der Waals surface area contributed by atoms with Crippen LogP contribution < -0.4 is 10.6 Å². The van der Waals surface area contributed by atoms with Crippen LogP contribution in [0, 0.1) is 12.8 Å². The maximum absolute atomic E-state index is 12.4. The molecule has 0 aliphatic carbocycles. The first kappa shape index (κ1) is 20.3. The number of carbonyl (C=O) groups excluding carboxylic acids is 1. The lowest BCUT2D eigenvalue weighted by Crippen LogP contribution is -2.40. The highest BCUT2D eigenvalue weighted by molar-refractivity contribution is 5.90. The Morgan fingerprint density at radius 1 is 1.36 bits per heavy atom. The molecule has 28 heavy (non-hydrogen) atoms. The largest absolute Gasteiger partial charge is 0.338 e. The second-order valence-corrected chi connectivity index (χ2v) is 8.51. The Bertz CT molecular complexity index is 824. The number of carbonyl (C=O) groups is 1. The molecule has 1 unspecified atom stereocenters. The second-order valence-electron chi connectivity index (χ2n) is 8.51. The molecule has 152 valence electrons. The number of aryl methyl sites for hydroxylation is 2. The topological polar surface area (TPSA) is 83.3 Å². The molecule has 1 saturated heterocycles. The first-order chi connectivity index (χ1) is 13.3. The van der Waals surface area contributed by atoms with Crippen LogP contribution in [0.5, 0.6) is 0 Å². The van der Waals surface area contributed by atoms with E-state index in [0.717, 1.165) is 42.7 Å². The summed E-state index contributed by atoms with van der Waals surface area (Å²) in [4.78, 5) is 19.2. The van der Waals surface area contributed by atoms with Gasteiger partial charge in [-0.1, -0.05) is 18.1 Å². The van der Waals surface area contributed by atoms with Gasteiger partial charge in [-0.15, -0.1) is 0 Å². The molecule has 1 aliphatic rings. The number of nitrogens with zero attached hydrogens (tertiary/aromatic N) is 3. The molecule has 3 rings (SSSR count). The van der Waals surface area contributed by atoms with E-state index in [1.54, 1.807) is 0 Å². The van der Waals surface area contributed by atoms with Crippen molar-refractivity contribution >= 4 is 11.7 Å². The average molecular weight is 386 g/mol. The van der Waals surface area contributed by atoms with Crippen molar-refractivity contribution in [3.8, 4) is 11.5 Å². The monoisotopic (exact) mass is 385 g/mol. The molecule has 0 saturated carbocycles. The predicted molar refractivity (Wildman–Crippen MR) is 110 cm³/mol. The summed E-state index contributed by atoms with van der Waals surface area (Å²) in [6.07, 6.45) is 1.83. The summed E-state index contributed by atoms with van der Waals surface area (Å²) in [5, 5.41) is 9.90. The lowest BCUT2D eigenvalue weighted by molar-refractivity contribution is 0.168. The van der Waals surface area contributed by atoms with Crippen LogP contribution in [-0.4, -0.2) is 46.2 Å². The Hall–Kier alpha value is -2.41. The van der Waals surface area contributed by atoms with E-state index in [1.807, 2.05) is 32.0 Å². The predicted octanol–water partition coefficient (Wildman–Crippen LogP) is 3.85. The molecule has 2 heterocycles. The lowest BCUT2D eigenvalue weighted by atomic mass is 10.1. The van der Waals surface area contributed by atoms with E-state index in [9.17, 15) is 4.79 Å². The third-order valence-electron chi connectivity index (χ3n) is 5.30. The van der Waals surface area contributed by atoms with Crippen LogP contribution in [0.4, 0.5) is 10.5 Å². The Balaban J connectivity index is 1.57. The van der Waals surface area contributed by atoms with Gasteiger partial charge in [-0.3, -0.25) is 4.90 Å². The summed E-state index contributed by atoms with van der Waals surface area (Å²) in [6.45, 7) is 13.4. The third kappa shape index (κ3) is 4.90. The van der Waals surface area contributed by atoms with Gasteiger partial charge in [0.1, 0.15) is 0 Å². The minimum absolute atomic E-state index is 0.181. The van der Waals surface area contributed by atoms with Gasteiger partial charge in [0, 0.05) is 36.3 Å². The van der Waals surface area contributed by atoms with E-state index < -0.39 is 0 Å². The number of rotatable bonds is 5. The molecule has 0 bridgehead atoms. The van der Waals surface area contributed by atoms with E-state index in [-0.39, 0.29) is 11.6 Å². The number of benzene rings is 1. The van der Waals surface area contributed by atoms with Crippen LogP contribution in [0.3, 0.4) is 0 Å². The number of likely N-dealkylation sites (tertiary alicyclic amines) is 1. The third-order valence-corrected chi connectivity index (χ3v) is 5.30. The maximum atomic E-state index is 12.4. The van der Waals surface area contributed by atoms with Gasteiger partial charge >= 0.3 is 6.03 Å². The van der Waals surface area contributed by atoms with E-state index in [4.69, 9.17) is 4.52 Å². The smallest absolute Gasteiger partial charge is 0.319 e. The quantitative estimate of drug-likeness (QED) is 0.817.